The average molecular weight is 168 g/mol. The fraction of sp³-hybridized carbons (Fsp3) is 0.667. The lowest BCUT2D eigenvalue weighted by atomic mass is 9.96. The van der Waals surface area contributed by atoms with E-state index < -0.39 is 0 Å². The van der Waals surface area contributed by atoms with Crippen LogP contribution in [0.5, 0.6) is 5.88 Å². The van der Waals surface area contributed by atoms with Crippen molar-refractivity contribution in [2.45, 2.75) is 33.1 Å². The number of imidazole rings is 1. The second-order valence-corrected chi connectivity index (χ2v) is 3.78. The van der Waals surface area contributed by atoms with Crippen molar-refractivity contribution in [1.29, 1.82) is 0 Å². The van der Waals surface area contributed by atoms with Crippen molar-refractivity contribution in [3.63, 3.8) is 0 Å². The molecule has 1 rings (SSSR count). The molecule has 3 heteroatoms. The fourth-order valence-electron chi connectivity index (χ4n) is 0.914. The molecule has 0 aliphatic rings. The van der Waals surface area contributed by atoms with Gasteiger partial charge in [-0.25, -0.2) is 4.98 Å². The summed E-state index contributed by atoms with van der Waals surface area (Å²) in [6.45, 7) is 8.97. The Morgan fingerprint density at radius 3 is 2.58 bits per heavy atom. The monoisotopic (exact) mass is 168 g/mol. The summed E-state index contributed by atoms with van der Waals surface area (Å²) >= 11 is 0. The summed E-state index contributed by atoms with van der Waals surface area (Å²) in [5.74, 6) is 1.72. The predicted molar refractivity (Wildman–Crippen MR) is 48.5 cm³/mol. The first-order valence-corrected chi connectivity index (χ1v) is 4.22. The molecule has 0 atom stereocenters. The zero-order valence-electron chi connectivity index (χ0n) is 8.14. The van der Waals surface area contributed by atoms with Gasteiger partial charge in [0.05, 0.1) is 12.8 Å². The van der Waals surface area contributed by atoms with Gasteiger partial charge in [-0.15, -0.1) is 0 Å². The minimum Gasteiger partial charge on any atom is -0.478 e. The predicted octanol–water partition coefficient (Wildman–Crippen LogP) is 2.11. The Labute approximate surface area is 73.2 Å². The Morgan fingerprint density at radius 2 is 2.17 bits per heavy atom. The summed E-state index contributed by atoms with van der Waals surface area (Å²) in [6.07, 6.45) is 1.73. The number of aromatic amines is 1. The zero-order chi connectivity index (χ0) is 9.19. The molecule has 0 aliphatic heterocycles. The lowest BCUT2D eigenvalue weighted by Gasteiger charge is -2.13. The van der Waals surface area contributed by atoms with Crippen molar-refractivity contribution in [2.24, 2.45) is 0 Å². The van der Waals surface area contributed by atoms with Gasteiger partial charge in [-0.1, -0.05) is 20.8 Å². The molecule has 0 unspecified atom stereocenters. The lowest BCUT2D eigenvalue weighted by Crippen LogP contribution is -2.13. The molecular weight excluding hydrogens is 152 g/mol. The third-order valence-electron chi connectivity index (χ3n) is 1.56. The van der Waals surface area contributed by atoms with E-state index in [-0.39, 0.29) is 5.41 Å². The highest BCUT2D eigenvalue weighted by molar-refractivity contribution is 5.12. The van der Waals surface area contributed by atoms with Crippen LogP contribution < -0.4 is 4.74 Å². The SMILES string of the molecule is CCOc1cnc(C(C)(C)C)[nH]1. The topological polar surface area (TPSA) is 37.9 Å². The van der Waals surface area contributed by atoms with Crippen LogP contribution in [0.3, 0.4) is 0 Å². The van der Waals surface area contributed by atoms with Crippen LogP contribution in [0, 0.1) is 0 Å². The van der Waals surface area contributed by atoms with Crippen LogP contribution in [-0.2, 0) is 5.41 Å². The van der Waals surface area contributed by atoms with Crippen LogP contribution in [0.2, 0.25) is 0 Å². The Kier molecular flexibility index (Phi) is 2.40. The van der Waals surface area contributed by atoms with Crippen LogP contribution in [0.25, 0.3) is 0 Å². The zero-order valence-corrected chi connectivity index (χ0v) is 8.14. The van der Waals surface area contributed by atoms with Gasteiger partial charge in [0.1, 0.15) is 5.82 Å². The van der Waals surface area contributed by atoms with E-state index >= 15 is 0 Å². The van der Waals surface area contributed by atoms with Crippen molar-refractivity contribution in [3.05, 3.63) is 12.0 Å². The van der Waals surface area contributed by atoms with E-state index in [1.54, 1.807) is 6.20 Å². The maximum atomic E-state index is 5.26. The van der Waals surface area contributed by atoms with Crippen molar-refractivity contribution in [3.8, 4) is 5.88 Å². The number of hydrogen-bond acceptors (Lipinski definition) is 2. The summed E-state index contributed by atoms with van der Waals surface area (Å²) in [6, 6.07) is 0. The molecule has 3 nitrogen and oxygen atoms in total. The molecule has 1 aromatic rings. The number of rotatable bonds is 2. The minimum absolute atomic E-state index is 0.0648. The van der Waals surface area contributed by atoms with Crippen molar-refractivity contribution >= 4 is 0 Å². The Hall–Kier alpha value is -0.990. The minimum atomic E-state index is 0.0648. The van der Waals surface area contributed by atoms with Gasteiger partial charge < -0.3 is 9.72 Å². The van der Waals surface area contributed by atoms with Crippen molar-refractivity contribution < 1.29 is 4.74 Å². The number of nitrogens with zero attached hydrogens (tertiary/aromatic N) is 1. The molecular formula is C9H16N2O. The second-order valence-electron chi connectivity index (χ2n) is 3.78. The van der Waals surface area contributed by atoms with E-state index in [9.17, 15) is 0 Å². The summed E-state index contributed by atoms with van der Waals surface area (Å²) < 4.78 is 5.26. The number of H-pyrrole nitrogens is 1. The van der Waals surface area contributed by atoms with E-state index in [0.717, 1.165) is 11.7 Å². The molecule has 1 aromatic heterocycles. The first-order valence-electron chi connectivity index (χ1n) is 4.22. The van der Waals surface area contributed by atoms with Gasteiger partial charge in [0.25, 0.3) is 0 Å². The lowest BCUT2D eigenvalue weighted by molar-refractivity contribution is 0.327. The van der Waals surface area contributed by atoms with Crippen LogP contribution in [0.1, 0.15) is 33.5 Å². The molecule has 1 N–H and O–H groups in total. The van der Waals surface area contributed by atoms with Gasteiger partial charge in [0, 0.05) is 5.41 Å². The first-order chi connectivity index (χ1) is 5.54. The van der Waals surface area contributed by atoms with E-state index in [0.29, 0.717) is 6.61 Å². The van der Waals surface area contributed by atoms with Gasteiger partial charge in [-0.2, -0.15) is 0 Å². The first kappa shape index (κ1) is 9.10. The fourth-order valence-corrected chi connectivity index (χ4v) is 0.914. The van der Waals surface area contributed by atoms with Crippen molar-refractivity contribution in [2.75, 3.05) is 6.61 Å². The molecule has 1 heterocycles. The molecule has 0 saturated heterocycles. The van der Waals surface area contributed by atoms with E-state index in [4.69, 9.17) is 4.74 Å². The maximum absolute atomic E-state index is 5.26. The van der Waals surface area contributed by atoms with Crippen LogP contribution in [-0.4, -0.2) is 16.6 Å². The highest BCUT2D eigenvalue weighted by Crippen LogP contribution is 2.20. The highest BCUT2D eigenvalue weighted by atomic mass is 16.5. The largest absolute Gasteiger partial charge is 0.478 e. The number of aromatic nitrogens is 2. The molecule has 0 bridgehead atoms. The highest BCUT2D eigenvalue weighted by Gasteiger charge is 2.17. The normalized spacial score (nSPS) is 11.7. The number of nitrogens with one attached hydrogen (secondary N) is 1. The average Bonchev–Trinajstić information content (AvgIpc) is 2.35. The summed E-state index contributed by atoms with van der Waals surface area (Å²) in [5, 5.41) is 0. The van der Waals surface area contributed by atoms with Gasteiger partial charge in [0.15, 0.2) is 0 Å². The molecule has 0 aliphatic carbocycles. The third-order valence-corrected chi connectivity index (χ3v) is 1.56. The van der Waals surface area contributed by atoms with E-state index in [1.165, 1.54) is 0 Å². The second kappa shape index (κ2) is 3.17. The molecule has 0 radical (unpaired) electrons. The van der Waals surface area contributed by atoms with Gasteiger partial charge in [-0.3, -0.25) is 0 Å². The van der Waals surface area contributed by atoms with E-state index in [1.807, 2.05) is 6.92 Å². The molecule has 0 aromatic carbocycles. The Balaban J connectivity index is 2.77. The van der Waals surface area contributed by atoms with Crippen LogP contribution in [0.15, 0.2) is 6.20 Å². The Morgan fingerprint density at radius 1 is 1.50 bits per heavy atom. The standard InChI is InChI=1S/C9H16N2O/c1-5-12-7-6-10-8(11-7)9(2,3)4/h6H,5H2,1-4H3,(H,10,11). The molecule has 0 amide bonds. The molecule has 0 saturated carbocycles. The molecule has 0 fully saturated rings. The van der Waals surface area contributed by atoms with Crippen LogP contribution in [0.4, 0.5) is 0 Å². The number of ether oxygens (including phenoxy) is 1. The quantitative estimate of drug-likeness (QED) is 0.734. The number of hydrogen-bond donors (Lipinski definition) is 1. The van der Waals surface area contributed by atoms with Gasteiger partial charge >= 0.3 is 0 Å². The Bertz CT molecular complexity index is 247. The van der Waals surface area contributed by atoms with Gasteiger partial charge in [0.2, 0.25) is 5.88 Å². The summed E-state index contributed by atoms with van der Waals surface area (Å²) in [4.78, 5) is 7.35. The van der Waals surface area contributed by atoms with E-state index in [2.05, 4.69) is 30.7 Å². The van der Waals surface area contributed by atoms with Crippen LogP contribution >= 0.6 is 0 Å². The third kappa shape index (κ3) is 2.00. The smallest absolute Gasteiger partial charge is 0.211 e. The van der Waals surface area contributed by atoms with Crippen molar-refractivity contribution in [1.82, 2.24) is 9.97 Å². The summed E-state index contributed by atoms with van der Waals surface area (Å²) in [7, 11) is 0. The summed E-state index contributed by atoms with van der Waals surface area (Å²) in [5.41, 5.74) is 0.0648. The van der Waals surface area contributed by atoms with Gasteiger partial charge in [-0.05, 0) is 6.92 Å². The molecule has 68 valence electrons. The molecule has 0 spiro atoms. The maximum Gasteiger partial charge on any atom is 0.211 e. The molecule has 12 heavy (non-hydrogen) atoms.